The zero-order valence-electron chi connectivity index (χ0n) is 17.2. The Morgan fingerprint density at radius 1 is 1.09 bits per heavy atom. The van der Waals surface area contributed by atoms with E-state index in [1.165, 1.54) is 22.3 Å². The highest BCUT2D eigenvalue weighted by Crippen LogP contribution is 2.44. The summed E-state index contributed by atoms with van der Waals surface area (Å²) >= 11 is 5.96. The van der Waals surface area contributed by atoms with Crippen molar-refractivity contribution in [3.05, 3.63) is 92.9 Å². The van der Waals surface area contributed by atoms with Gasteiger partial charge in [0, 0.05) is 31.7 Å². The molecule has 2 aliphatic rings. The van der Waals surface area contributed by atoms with Gasteiger partial charge in [0.2, 0.25) is 0 Å². The molecule has 166 valence electrons. The minimum atomic E-state index is -0.330. The van der Waals surface area contributed by atoms with Gasteiger partial charge in [0.15, 0.2) is 0 Å². The van der Waals surface area contributed by atoms with Gasteiger partial charge in [-0.1, -0.05) is 60.1 Å². The van der Waals surface area contributed by atoms with E-state index in [1.807, 2.05) is 24.3 Å². The van der Waals surface area contributed by atoms with Crippen LogP contribution in [0.1, 0.15) is 28.7 Å². The minimum absolute atomic E-state index is 0. The Bertz CT molecular complexity index is 1150. The maximum Gasteiger partial charge on any atom is 0.409 e. The molecule has 1 atom stereocenters. The molecule has 2 aromatic carbocycles. The second kappa shape index (κ2) is 9.36. The first-order valence-corrected chi connectivity index (χ1v) is 10.7. The summed E-state index contributed by atoms with van der Waals surface area (Å²) in [7, 11) is 0. The van der Waals surface area contributed by atoms with Crippen LogP contribution in [0.4, 0.5) is 4.79 Å². The maximum absolute atomic E-state index is 12.9. The number of aromatic amines is 1. The first-order valence-electron chi connectivity index (χ1n) is 10.3. The van der Waals surface area contributed by atoms with Crippen molar-refractivity contribution >= 4 is 30.1 Å². The lowest BCUT2D eigenvalue weighted by molar-refractivity contribution is 0.0883. The molecule has 32 heavy (non-hydrogen) atoms. The lowest BCUT2D eigenvalue weighted by atomic mass is 9.98. The van der Waals surface area contributed by atoms with Gasteiger partial charge >= 0.3 is 6.09 Å². The molecule has 1 amide bonds. The minimum Gasteiger partial charge on any atom is -0.448 e. The van der Waals surface area contributed by atoms with E-state index in [-0.39, 0.29) is 41.0 Å². The summed E-state index contributed by atoms with van der Waals surface area (Å²) in [5.74, 6) is 0.0352. The fourth-order valence-electron chi connectivity index (χ4n) is 4.50. The van der Waals surface area contributed by atoms with E-state index in [0.717, 1.165) is 5.56 Å². The van der Waals surface area contributed by atoms with Gasteiger partial charge in [0.1, 0.15) is 11.6 Å². The predicted octanol–water partition coefficient (Wildman–Crippen LogP) is 4.35. The number of piperazine rings is 1. The van der Waals surface area contributed by atoms with Crippen molar-refractivity contribution in [1.29, 1.82) is 0 Å². The summed E-state index contributed by atoms with van der Waals surface area (Å²) < 4.78 is 5.78. The van der Waals surface area contributed by atoms with Crippen molar-refractivity contribution in [1.82, 2.24) is 15.2 Å². The third kappa shape index (κ3) is 4.13. The SMILES string of the molecule is Cl.O=C(OCC1c2ccccc2-c2ccccc21)N1CCNC(c2c[nH]c(=O)c(Cl)c2)C1. The quantitative estimate of drug-likeness (QED) is 0.595. The number of aromatic nitrogens is 1. The number of carbonyl (C=O) groups excluding carboxylic acids is 1. The van der Waals surface area contributed by atoms with E-state index in [9.17, 15) is 9.59 Å². The molecule has 0 spiro atoms. The highest BCUT2D eigenvalue weighted by atomic mass is 35.5. The third-order valence-corrected chi connectivity index (χ3v) is 6.33. The fourth-order valence-corrected chi connectivity index (χ4v) is 4.68. The number of hydrogen-bond acceptors (Lipinski definition) is 4. The van der Waals surface area contributed by atoms with Crippen molar-refractivity contribution in [3.63, 3.8) is 0 Å². The Morgan fingerprint density at radius 2 is 1.75 bits per heavy atom. The molecule has 1 unspecified atom stereocenters. The topological polar surface area (TPSA) is 74.4 Å². The van der Waals surface area contributed by atoms with Gasteiger partial charge in [-0.25, -0.2) is 4.79 Å². The number of H-pyrrole nitrogens is 1. The fraction of sp³-hybridized carbons (Fsp3) is 0.250. The number of nitrogens with one attached hydrogen (secondary N) is 2. The number of rotatable bonds is 3. The first kappa shape index (κ1) is 22.4. The van der Waals surface area contributed by atoms with Crippen molar-refractivity contribution in [2.75, 3.05) is 26.2 Å². The molecular formula is C24H23Cl2N3O3. The Kier molecular flexibility index (Phi) is 6.55. The van der Waals surface area contributed by atoms with Crippen LogP contribution in [0.25, 0.3) is 11.1 Å². The van der Waals surface area contributed by atoms with E-state index in [4.69, 9.17) is 16.3 Å². The van der Waals surface area contributed by atoms with Crippen LogP contribution in [-0.4, -0.2) is 42.2 Å². The monoisotopic (exact) mass is 471 g/mol. The Balaban J connectivity index is 0.00000245. The van der Waals surface area contributed by atoms with Gasteiger partial charge in [-0.15, -0.1) is 12.4 Å². The van der Waals surface area contributed by atoms with Crippen LogP contribution >= 0.6 is 24.0 Å². The van der Waals surface area contributed by atoms with Crippen LogP contribution in [0, 0.1) is 0 Å². The molecule has 6 nitrogen and oxygen atoms in total. The number of fused-ring (bicyclic) bond motifs is 3. The summed E-state index contributed by atoms with van der Waals surface area (Å²) in [4.78, 5) is 28.7. The van der Waals surface area contributed by atoms with Crippen LogP contribution < -0.4 is 10.9 Å². The van der Waals surface area contributed by atoms with Crippen molar-refractivity contribution < 1.29 is 9.53 Å². The number of hydrogen-bond donors (Lipinski definition) is 2. The molecular weight excluding hydrogens is 449 g/mol. The van der Waals surface area contributed by atoms with Gasteiger partial charge in [-0.05, 0) is 33.9 Å². The van der Waals surface area contributed by atoms with E-state index < -0.39 is 0 Å². The highest BCUT2D eigenvalue weighted by Gasteiger charge is 2.31. The number of halogens is 2. The van der Waals surface area contributed by atoms with Gasteiger partial charge in [0.25, 0.3) is 5.56 Å². The summed E-state index contributed by atoms with van der Waals surface area (Å²) in [6, 6.07) is 18.1. The third-order valence-electron chi connectivity index (χ3n) is 6.05. The lowest BCUT2D eigenvalue weighted by Crippen LogP contribution is -2.48. The molecule has 1 fully saturated rings. The van der Waals surface area contributed by atoms with E-state index in [0.29, 0.717) is 26.2 Å². The van der Waals surface area contributed by atoms with Gasteiger partial charge in [0.05, 0.1) is 6.04 Å². The standard InChI is InChI=1S/C24H22ClN3O3.ClH/c25-21-11-15(12-27-23(21)29)22-13-28(10-9-26-22)24(30)31-14-20-18-7-3-1-5-16(18)17-6-2-4-8-19(17)20;/h1-8,11-12,20,22,26H,9-10,13-14H2,(H,27,29);1H. The van der Waals surface area contributed by atoms with Crippen LogP contribution in [0.2, 0.25) is 5.02 Å². The van der Waals surface area contributed by atoms with Crippen LogP contribution in [-0.2, 0) is 4.74 Å². The van der Waals surface area contributed by atoms with Gasteiger partial charge < -0.3 is 19.9 Å². The molecule has 2 N–H and O–H groups in total. The van der Waals surface area contributed by atoms with Crippen molar-refractivity contribution in [2.45, 2.75) is 12.0 Å². The number of amides is 1. The zero-order chi connectivity index (χ0) is 21.4. The van der Waals surface area contributed by atoms with Crippen molar-refractivity contribution in [3.8, 4) is 11.1 Å². The number of pyridine rings is 1. The van der Waals surface area contributed by atoms with Gasteiger partial charge in [-0.3, -0.25) is 4.79 Å². The molecule has 3 aromatic rings. The number of benzene rings is 2. The average Bonchev–Trinajstić information content (AvgIpc) is 3.13. The predicted molar refractivity (Wildman–Crippen MR) is 127 cm³/mol. The number of carbonyl (C=O) groups is 1. The van der Waals surface area contributed by atoms with Crippen molar-refractivity contribution in [2.24, 2.45) is 0 Å². The Hall–Kier alpha value is -2.80. The summed E-state index contributed by atoms with van der Waals surface area (Å²) in [5.41, 5.74) is 5.30. The smallest absolute Gasteiger partial charge is 0.409 e. The molecule has 1 aliphatic heterocycles. The zero-order valence-corrected chi connectivity index (χ0v) is 18.8. The van der Waals surface area contributed by atoms with E-state index in [1.54, 1.807) is 17.2 Å². The normalized spacial score (nSPS) is 17.3. The lowest BCUT2D eigenvalue weighted by Gasteiger charge is -2.33. The Labute approximate surface area is 197 Å². The molecule has 0 saturated carbocycles. The molecule has 0 radical (unpaired) electrons. The molecule has 5 rings (SSSR count). The number of nitrogens with zero attached hydrogens (tertiary/aromatic N) is 1. The summed E-state index contributed by atoms with van der Waals surface area (Å²) in [6.07, 6.45) is 1.30. The summed E-state index contributed by atoms with van der Waals surface area (Å²) in [6.45, 7) is 1.93. The van der Waals surface area contributed by atoms with Gasteiger partial charge in [-0.2, -0.15) is 0 Å². The highest BCUT2D eigenvalue weighted by molar-refractivity contribution is 6.30. The molecule has 2 heterocycles. The molecule has 1 aliphatic carbocycles. The van der Waals surface area contributed by atoms with E-state index in [2.05, 4.69) is 34.6 Å². The van der Waals surface area contributed by atoms with Crippen LogP contribution in [0.3, 0.4) is 0 Å². The second-order valence-corrected chi connectivity index (χ2v) is 8.27. The maximum atomic E-state index is 12.9. The van der Waals surface area contributed by atoms with E-state index >= 15 is 0 Å². The molecule has 1 saturated heterocycles. The molecule has 0 bridgehead atoms. The largest absolute Gasteiger partial charge is 0.448 e. The van der Waals surface area contributed by atoms with Crippen LogP contribution in [0.15, 0.2) is 65.6 Å². The first-order chi connectivity index (χ1) is 15.1. The molecule has 1 aromatic heterocycles. The average molecular weight is 472 g/mol. The summed E-state index contributed by atoms with van der Waals surface area (Å²) in [5, 5.41) is 3.50. The van der Waals surface area contributed by atoms with Crippen LogP contribution in [0.5, 0.6) is 0 Å². The molecule has 8 heteroatoms. The second-order valence-electron chi connectivity index (χ2n) is 7.87. The Morgan fingerprint density at radius 3 is 2.41 bits per heavy atom. The number of ether oxygens (including phenoxy) is 1.